The molecule has 160 valence electrons. The van der Waals surface area contributed by atoms with Gasteiger partial charge in [0.25, 0.3) is 0 Å². The second kappa shape index (κ2) is 9.58. The van der Waals surface area contributed by atoms with Crippen LogP contribution < -0.4 is 21.3 Å². The fourth-order valence-corrected chi connectivity index (χ4v) is 4.15. The number of fused-ring (bicyclic) bond motifs is 4. The van der Waals surface area contributed by atoms with E-state index in [-0.39, 0.29) is 6.04 Å². The Morgan fingerprint density at radius 1 is 0.594 bits per heavy atom. The van der Waals surface area contributed by atoms with Crippen molar-refractivity contribution in [1.29, 1.82) is 0 Å². The zero-order chi connectivity index (χ0) is 21.6. The van der Waals surface area contributed by atoms with Gasteiger partial charge in [-0.2, -0.15) is 0 Å². The highest BCUT2D eigenvalue weighted by atomic mass is 15.0. The van der Waals surface area contributed by atoms with E-state index >= 15 is 0 Å². The molecule has 4 heteroatoms. The Morgan fingerprint density at radius 3 is 1.84 bits per heavy atom. The van der Waals surface area contributed by atoms with E-state index in [9.17, 15) is 0 Å². The number of hydrogen-bond acceptors (Lipinski definition) is 4. The molecule has 0 saturated heterocycles. The molecular weight excluding hydrogens is 392 g/mol. The largest absolute Gasteiger partial charge is 0.381 e. The van der Waals surface area contributed by atoms with Crippen LogP contribution in [0.15, 0.2) is 109 Å². The van der Waals surface area contributed by atoms with Crippen LogP contribution in [0.4, 0.5) is 17.1 Å². The van der Waals surface area contributed by atoms with Crippen LogP contribution in [0.3, 0.4) is 0 Å². The Kier molecular flexibility index (Phi) is 6.04. The normalized spacial score (nSPS) is 19.5. The summed E-state index contributed by atoms with van der Waals surface area (Å²) in [7, 11) is 0. The number of anilines is 3. The summed E-state index contributed by atoms with van der Waals surface area (Å²) in [4.78, 5) is 0. The van der Waals surface area contributed by atoms with E-state index in [0.29, 0.717) is 0 Å². The summed E-state index contributed by atoms with van der Waals surface area (Å²) in [6, 6.07) is 25.6. The molecule has 3 aromatic rings. The van der Waals surface area contributed by atoms with Gasteiger partial charge in [0.05, 0.1) is 6.04 Å². The SMILES string of the molecule is C1=C/C2=C/Nc3ccccc3CNc3ccccc3CNc3ccccc3CNC2C=C1. The van der Waals surface area contributed by atoms with Gasteiger partial charge in [0.15, 0.2) is 0 Å². The van der Waals surface area contributed by atoms with E-state index in [0.717, 1.165) is 36.7 Å². The molecule has 1 heterocycles. The van der Waals surface area contributed by atoms with E-state index in [1.807, 2.05) is 0 Å². The highest BCUT2D eigenvalue weighted by molar-refractivity contribution is 5.59. The Bertz CT molecular complexity index is 1180. The summed E-state index contributed by atoms with van der Waals surface area (Å²) in [5, 5.41) is 14.5. The number of para-hydroxylation sites is 3. The molecule has 0 bridgehead atoms. The molecule has 0 amide bonds. The van der Waals surface area contributed by atoms with Gasteiger partial charge in [-0.3, -0.25) is 0 Å². The van der Waals surface area contributed by atoms with Crippen molar-refractivity contribution >= 4 is 17.1 Å². The average Bonchev–Trinajstić information content (AvgIpc) is 2.85. The van der Waals surface area contributed by atoms with Crippen LogP contribution in [0.25, 0.3) is 0 Å². The van der Waals surface area contributed by atoms with Crippen molar-refractivity contribution in [2.45, 2.75) is 25.7 Å². The van der Waals surface area contributed by atoms with Crippen LogP contribution in [-0.2, 0) is 19.6 Å². The second-order valence-electron chi connectivity index (χ2n) is 8.07. The highest BCUT2D eigenvalue weighted by Gasteiger charge is 2.13. The molecule has 0 spiro atoms. The molecule has 3 aromatic carbocycles. The van der Waals surface area contributed by atoms with Crippen LogP contribution >= 0.6 is 0 Å². The van der Waals surface area contributed by atoms with Crippen molar-refractivity contribution in [2.75, 3.05) is 16.0 Å². The summed E-state index contributed by atoms with van der Waals surface area (Å²) < 4.78 is 0. The lowest BCUT2D eigenvalue weighted by Gasteiger charge is -2.22. The Hall–Kier alpha value is -3.76. The first kappa shape index (κ1) is 20.2. The van der Waals surface area contributed by atoms with Crippen molar-refractivity contribution in [3.8, 4) is 0 Å². The maximum atomic E-state index is 3.70. The van der Waals surface area contributed by atoms with Gasteiger partial charge < -0.3 is 21.3 Å². The topological polar surface area (TPSA) is 48.1 Å². The van der Waals surface area contributed by atoms with Gasteiger partial charge in [0.1, 0.15) is 0 Å². The lowest BCUT2D eigenvalue weighted by Crippen LogP contribution is -2.29. The first-order valence-corrected chi connectivity index (χ1v) is 11.1. The standard InChI is InChI=1S/C28H28N4/c1-5-13-25-21(9-1)17-29-26-14-6-2-11-23(26)19-31-28-16-8-4-12-24(28)20-32-27-15-7-3-10-22(27)18-30-25/h1-17,25,29-32H,18-20H2/b21-17-. The zero-order valence-corrected chi connectivity index (χ0v) is 18.0. The molecule has 32 heavy (non-hydrogen) atoms. The summed E-state index contributed by atoms with van der Waals surface area (Å²) >= 11 is 0. The van der Waals surface area contributed by atoms with Gasteiger partial charge in [-0.25, -0.2) is 0 Å². The van der Waals surface area contributed by atoms with Crippen LogP contribution in [0, 0.1) is 0 Å². The lowest BCUT2D eigenvalue weighted by molar-refractivity contribution is 0.657. The molecule has 5 rings (SSSR count). The smallest absolute Gasteiger partial charge is 0.0526 e. The van der Waals surface area contributed by atoms with Crippen LogP contribution in [0.5, 0.6) is 0 Å². The van der Waals surface area contributed by atoms with Crippen LogP contribution in [0.2, 0.25) is 0 Å². The van der Waals surface area contributed by atoms with Gasteiger partial charge in [-0.05, 0) is 40.5 Å². The molecule has 1 unspecified atom stereocenters. The predicted octanol–water partition coefficient (Wildman–Crippen LogP) is 5.80. The molecule has 1 aliphatic heterocycles. The minimum atomic E-state index is 0.152. The van der Waals surface area contributed by atoms with Gasteiger partial charge in [0.2, 0.25) is 0 Å². The summed E-state index contributed by atoms with van der Waals surface area (Å²) in [5.74, 6) is 0. The number of nitrogens with one attached hydrogen (secondary N) is 4. The first-order chi connectivity index (χ1) is 15.9. The van der Waals surface area contributed by atoms with E-state index in [4.69, 9.17) is 0 Å². The highest BCUT2D eigenvalue weighted by Crippen LogP contribution is 2.24. The summed E-state index contributed by atoms with van der Waals surface area (Å²) in [5.41, 5.74) is 8.35. The molecule has 2 aliphatic rings. The Labute approximate surface area is 189 Å². The van der Waals surface area contributed by atoms with E-state index in [1.165, 1.54) is 22.3 Å². The molecular formula is C28H28N4. The quantitative estimate of drug-likeness (QED) is 0.371. The van der Waals surface area contributed by atoms with Crippen molar-refractivity contribution < 1.29 is 0 Å². The van der Waals surface area contributed by atoms with Crippen molar-refractivity contribution in [1.82, 2.24) is 5.32 Å². The molecule has 0 aromatic heterocycles. The third-order valence-corrected chi connectivity index (χ3v) is 5.96. The van der Waals surface area contributed by atoms with Gasteiger partial charge in [-0.1, -0.05) is 78.9 Å². The molecule has 0 saturated carbocycles. The summed E-state index contributed by atoms with van der Waals surface area (Å²) in [6.45, 7) is 2.29. The minimum absolute atomic E-state index is 0.152. The third-order valence-electron chi connectivity index (χ3n) is 5.96. The Balaban J connectivity index is 1.51. The third kappa shape index (κ3) is 4.61. The average molecular weight is 421 g/mol. The molecule has 0 fully saturated rings. The van der Waals surface area contributed by atoms with Crippen LogP contribution in [-0.4, -0.2) is 6.04 Å². The fourth-order valence-electron chi connectivity index (χ4n) is 4.15. The molecule has 4 N–H and O–H groups in total. The summed E-state index contributed by atoms with van der Waals surface area (Å²) in [6.07, 6.45) is 10.7. The monoisotopic (exact) mass is 420 g/mol. The van der Waals surface area contributed by atoms with Gasteiger partial charge in [-0.15, -0.1) is 0 Å². The lowest BCUT2D eigenvalue weighted by atomic mass is 10.0. The van der Waals surface area contributed by atoms with Gasteiger partial charge >= 0.3 is 0 Å². The maximum Gasteiger partial charge on any atom is 0.0526 e. The van der Waals surface area contributed by atoms with Crippen molar-refractivity contribution in [2.24, 2.45) is 0 Å². The predicted molar refractivity (Wildman–Crippen MR) is 135 cm³/mol. The first-order valence-electron chi connectivity index (χ1n) is 11.1. The zero-order valence-electron chi connectivity index (χ0n) is 18.0. The van der Waals surface area contributed by atoms with E-state index in [2.05, 4.69) is 125 Å². The number of allylic oxidation sites excluding steroid dienone is 2. The number of benzene rings is 3. The Morgan fingerprint density at radius 2 is 1.16 bits per heavy atom. The maximum absolute atomic E-state index is 3.70. The van der Waals surface area contributed by atoms with Gasteiger partial charge in [0, 0.05) is 42.9 Å². The second-order valence-corrected chi connectivity index (χ2v) is 8.07. The van der Waals surface area contributed by atoms with E-state index in [1.54, 1.807) is 0 Å². The van der Waals surface area contributed by atoms with Crippen molar-refractivity contribution in [3.63, 3.8) is 0 Å². The fraction of sp³-hybridized carbons (Fsp3) is 0.143. The van der Waals surface area contributed by atoms with Crippen LogP contribution in [0.1, 0.15) is 16.7 Å². The molecule has 1 aliphatic carbocycles. The number of rotatable bonds is 0. The minimum Gasteiger partial charge on any atom is -0.381 e. The molecule has 4 nitrogen and oxygen atoms in total. The molecule has 1 atom stereocenters. The number of hydrogen-bond donors (Lipinski definition) is 4. The molecule has 0 radical (unpaired) electrons. The van der Waals surface area contributed by atoms with Crippen molar-refractivity contribution in [3.05, 3.63) is 126 Å². The van der Waals surface area contributed by atoms with E-state index < -0.39 is 0 Å².